The van der Waals surface area contributed by atoms with Crippen molar-refractivity contribution in [2.45, 2.75) is 20.3 Å². The number of hydrogen-bond donors (Lipinski definition) is 1. The van der Waals surface area contributed by atoms with Gasteiger partial charge in [-0.25, -0.2) is 0 Å². The van der Waals surface area contributed by atoms with Gasteiger partial charge in [-0.05, 0) is 13.5 Å². The maximum Gasteiger partial charge on any atom is 0.0443 e. The highest BCUT2D eigenvalue weighted by Gasteiger charge is 2.56. The summed E-state index contributed by atoms with van der Waals surface area (Å²) in [5.41, 5.74) is 0.911. The summed E-state index contributed by atoms with van der Waals surface area (Å²) in [6.07, 6.45) is 0.919. The molecule has 2 fully saturated rings. The fraction of sp³-hybridized carbons (Fsp3) is 1.00. The van der Waals surface area contributed by atoms with Gasteiger partial charge >= 0.3 is 0 Å². The zero-order valence-corrected chi connectivity index (χ0v) is 10.3. The van der Waals surface area contributed by atoms with Gasteiger partial charge in [-0.15, -0.1) is 0 Å². The van der Waals surface area contributed by atoms with E-state index < -0.39 is 0 Å². The zero-order valence-electron chi connectivity index (χ0n) is 10.3. The molecule has 0 aliphatic carbocycles. The van der Waals surface area contributed by atoms with E-state index in [0.717, 1.165) is 13.0 Å². The van der Waals surface area contributed by atoms with Gasteiger partial charge in [0.05, 0.1) is 0 Å². The molecule has 2 saturated heterocycles. The number of rotatable bonds is 3. The van der Waals surface area contributed by atoms with Gasteiger partial charge in [0.2, 0.25) is 0 Å². The first-order chi connectivity index (χ1) is 6.99. The highest BCUT2D eigenvalue weighted by Crippen LogP contribution is 2.50. The van der Waals surface area contributed by atoms with E-state index in [0.29, 0.717) is 17.4 Å². The van der Waals surface area contributed by atoms with Crippen molar-refractivity contribution in [2.24, 2.45) is 10.8 Å². The zero-order chi connectivity index (χ0) is 11.1. The molecule has 1 N–H and O–H groups in total. The molecule has 0 aromatic heterocycles. The van der Waals surface area contributed by atoms with Crippen LogP contribution in [0.4, 0.5) is 0 Å². The van der Waals surface area contributed by atoms with Crippen LogP contribution < -0.4 is 0 Å². The summed E-state index contributed by atoms with van der Waals surface area (Å²) in [6, 6.07) is 0. The predicted octanol–water partition coefficient (Wildman–Crippen LogP) is 0.642. The fourth-order valence-electron chi connectivity index (χ4n) is 3.61. The van der Waals surface area contributed by atoms with E-state index in [2.05, 4.69) is 30.7 Å². The van der Waals surface area contributed by atoms with E-state index in [-0.39, 0.29) is 0 Å². The molecule has 3 heteroatoms. The molecule has 0 radical (unpaired) electrons. The Kier molecular flexibility index (Phi) is 2.82. The van der Waals surface area contributed by atoms with E-state index in [1.54, 1.807) is 0 Å². The Labute approximate surface area is 93.1 Å². The highest BCUT2D eigenvalue weighted by atomic mass is 16.3. The van der Waals surface area contributed by atoms with Crippen molar-refractivity contribution >= 4 is 0 Å². The largest absolute Gasteiger partial charge is 0.396 e. The topological polar surface area (TPSA) is 26.7 Å². The first-order valence-corrected chi connectivity index (χ1v) is 6.01. The third-order valence-electron chi connectivity index (χ3n) is 4.47. The molecule has 3 nitrogen and oxygen atoms in total. The van der Waals surface area contributed by atoms with E-state index >= 15 is 0 Å². The smallest absolute Gasteiger partial charge is 0.0443 e. The van der Waals surface area contributed by atoms with Crippen LogP contribution in [-0.2, 0) is 0 Å². The molecule has 0 aromatic rings. The van der Waals surface area contributed by atoms with E-state index in [9.17, 15) is 0 Å². The quantitative estimate of drug-likeness (QED) is 0.744. The third kappa shape index (κ3) is 1.81. The monoisotopic (exact) mass is 212 g/mol. The maximum atomic E-state index is 8.87. The van der Waals surface area contributed by atoms with Crippen molar-refractivity contribution in [1.29, 1.82) is 0 Å². The Morgan fingerprint density at radius 2 is 1.60 bits per heavy atom. The van der Waals surface area contributed by atoms with Crippen LogP contribution in [0.3, 0.4) is 0 Å². The molecule has 2 atom stereocenters. The van der Waals surface area contributed by atoms with Crippen LogP contribution in [0.15, 0.2) is 0 Å². The number of aliphatic hydroxyl groups excluding tert-OH is 1. The Hall–Kier alpha value is -0.120. The average Bonchev–Trinajstić information content (AvgIpc) is 2.45. The van der Waals surface area contributed by atoms with Crippen LogP contribution in [0.25, 0.3) is 0 Å². The fourth-order valence-corrected chi connectivity index (χ4v) is 3.61. The lowest BCUT2D eigenvalue weighted by Crippen LogP contribution is -2.34. The Balaban J connectivity index is 2.01. The van der Waals surface area contributed by atoms with Crippen LogP contribution in [0.5, 0.6) is 0 Å². The number of hydrogen-bond acceptors (Lipinski definition) is 3. The number of likely N-dealkylation sites (tertiary alicyclic amines) is 2. The van der Waals surface area contributed by atoms with Crippen molar-refractivity contribution in [3.05, 3.63) is 0 Å². The van der Waals surface area contributed by atoms with E-state index in [1.165, 1.54) is 26.2 Å². The normalized spacial score (nSPS) is 42.4. The number of fused-ring (bicyclic) bond motifs is 1. The molecule has 2 aliphatic rings. The van der Waals surface area contributed by atoms with E-state index in [4.69, 9.17) is 5.11 Å². The van der Waals surface area contributed by atoms with Crippen LogP contribution >= 0.6 is 0 Å². The van der Waals surface area contributed by atoms with Crippen LogP contribution in [0.2, 0.25) is 0 Å². The molecule has 0 spiro atoms. The van der Waals surface area contributed by atoms with E-state index in [1.807, 2.05) is 0 Å². The summed E-state index contributed by atoms with van der Waals surface area (Å²) in [5, 5.41) is 8.87. The van der Waals surface area contributed by atoms with Gasteiger partial charge < -0.3 is 14.9 Å². The summed E-state index contributed by atoms with van der Waals surface area (Å²) in [7, 11) is 2.23. The molecule has 15 heavy (non-hydrogen) atoms. The van der Waals surface area contributed by atoms with Gasteiger partial charge in [-0.3, -0.25) is 0 Å². The standard InChI is InChI=1S/C12H24N2O/c1-11-7-13(3)8-12(11,2)10-14(9-11)5-4-6-15/h15H,4-10H2,1-3H3. The molecular formula is C12H24N2O. The summed E-state index contributed by atoms with van der Waals surface area (Å²) >= 11 is 0. The molecule has 2 rings (SSSR count). The second kappa shape index (κ2) is 3.72. The lowest BCUT2D eigenvalue weighted by Gasteiger charge is -2.31. The summed E-state index contributed by atoms with van der Waals surface area (Å²) in [6.45, 7) is 11.1. The number of aliphatic hydroxyl groups is 1. The summed E-state index contributed by atoms with van der Waals surface area (Å²) in [5.74, 6) is 0. The molecule has 0 saturated carbocycles. The summed E-state index contributed by atoms with van der Waals surface area (Å²) < 4.78 is 0. The van der Waals surface area contributed by atoms with Crippen LogP contribution in [0, 0.1) is 10.8 Å². The van der Waals surface area contributed by atoms with Gasteiger partial charge in [0.25, 0.3) is 0 Å². The first kappa shape index (κ1) is 11.4. The minimum absolute atomic E-state index is 0.323. The van der Waals surface area contributed by atoms with Gasteiger partial charge in [0, 0.05) is 50.2 Å². The molecular weight excluding hydrogens is 188 g/mol. The molecule has 0 amide bonds. The lowest BCUT2D eigenvalue weighted by molar-refractivity contribution is 0.212. The SMILES string of the molecule is CN1CC2(C)CN(CCCO)CC2(C)C1. The molecule has 0 bridgehead atoms. The molecule has 88 valence electrons. The van der Waals surface area contributed by atoms with Crippen LogP contribution in [0.1, 0.15) is 20.3 Å². The number of nitrogens with zero attached hydrogens (tertiary/aromatic N) is 2. The van der Waals surface area contributed by atoms with Gasteiger partial charge in [0.1, 0.15) is 0 Å². The minimum atomic E-state index is 0.323. The Morgan fingerprint density at radius 1 is 1.07 bits per heavy atom. The Morgan fingerprint density at radius 3 is 2.07 bits per heavy atom. The van der Waals surface area contributed by atoms with Gasteiger partial charge in [-0.1, -0.05) is 13.8 Å². The molecule has 2 aliphatic heterocycles. The first-order valence-electron chi connectivity index (χ1n) is 6.01. The third-order valence-corrected chi connectivity index (χ3v) is 4.47. The predicted molar refractivity (Wildman–Crippen MR) is 61.9 cm³/mol. The van der Waals surface area contributed by atoms with Crippen molar-refractivity contribution in [1.82, 2.24) is 9.80 Å². The summed E-state index contributed by atoms with van der Waals surface area (Å²) in [4.78, 5) is 4.99. The average molecular weight is 212 g/mol. The molecule has 2 heterocycles. The maximum absolute atomic E-state index is 8.87. The Bertz CT molecular complexity index is 226. The molecule has 0 aromatic carbocycles. The molecule has 2 unspecified atom stereocenters. The van der Waals surface area contributed by atoms with Crippen molar-refractivity contribution in [3.8, 4) is 0 Å². The second-order valence-corrected chi connectivity index (χ2v) is 6.08. The van der Waals surface area contributed by atoms with Crippen molar-refractivity contribution in [3.63, 3.8) is 0 Å². The van der Waals surface area contributed by atoms with Crippen molar-refractivity contribution < 1.29 is 5.11 Å². The van der Waals surface area contributed by atoms with Gasteiger partial charge in [0.15, 0.2) is 0 Å². The van der Waals surface area contributed by atoms with Crippen molar-refractivity contribution in [2.75, 3.05) is 46.4 Å². The van der Waals surface area contributed by atoms with Gasteiger partial charge in [-0.2, -0.15) is 0 Å². The van der Waals surface area contributed by atoms with Crippen LogP contribution in [-0.4, -0.2) is 61.3 Å². The highest BCUT2D eigenvalue weighted by molar-refractivity contribution is 5.08. The lowest BCUT2D eigenvalue weighted by atomic mass is 9.71. The second-order valence-electron chi connectivity index (χ2n) is 6.08. The minimum Gasteiger partial charge on any atom is -0.396 e.